The van der Waals surface area contributed by atoms with Crippen molar-refractivity contribution >= 4 is 23.7 Å². The van der Waals surface area contributed by atoms with Crippen molar-refractivity contribution in [2.75, 3.05) is 12.9 Å². The molecule has 0 radical (unpaired) electrons. The number of carbonyl (C=O) groups excluding carboxylic acids is 2. The van der Waals surface area contributed by atoms with Gasteiger partial charge in [0.1, 0.15) is 16.2 Å². The van der Waals surface area contributed by atoms with Crippen LogP contribution in [0.15, 0.2) is 29.3 Å². The van der Waals surface area contributed by atoms with Gasteiger partial charge < -0.3 is 9.47 Å². The summed E-state index contributed by atoms with van der Waals surface area (Å²) < 4.78 is 10.3. The SMILES string of the molecule is CCCSc1n[nH]c(-c2ccc(CC(=O)OC)cc2)c1C(=O)OC(C)(C)C. The van der Waals surface area contributed by atoms with E-state index in [1.807, 2.05) is 45.0 Å². The van der Waals surface area contributed by atoms with E-state index in [-0.39, 0.29) is 12.4 Å². The minimum atomic E-state index is -0.595. The highest BCUT2D eigenvalue weighted by Crippen LogP contribution is 2.32. The third-order valence-corrected chi connectivity index (χ3v) is 4.78. The number of hydrogen-bond acceptors (Lipinski definition) is 6. The van der Waals surface area contributed by atoms with Crippen molar-refractivity contribution in [1.82, 2.24) is 10.2 Å². The Morgan fingerprint density at radius 2 is 1.85 bits per heavy atom. The number of methoxy groups -OCH3 is 1. The molecule has 0 bridgehead atoms. The van der Waals surface area contributed by atoms with E-state index < -0.39 is 11.6 Å². The van der Waals surface area contributed by atoms with Crippen molar-refractivity contribution in [1.29, 1.82) is 0 Å². The third kappa shape index (κ3) is 5.85. The number of H-pyrrole nitrogens is 1. The minimum absolute atomic E-state index is 0.205. The molecule has 1 N–H and O–H groups in total. The summed E-state index contributed by atoms with van der Waals surface area (Å²) in [5.41, 5.74) is 2.12. The van der Waals surface area contributed by atoms with Crippen LogP contribution in [0.3, 0.4) is 0 Å². The van der Waals surface area contributed by atoms with E-state index in [9.17, 15) is 9.59 Å². The molecule has 1 aromatic heterocycles. The first-order chi connectivity index (χ1) is 12.7. The fraction of sp³-hybridized carbons (Fsp3) is 0.450. The van der Waals surface area contributed by atoms with Crippen LogP contribution in [0, 0.1) is 0 Å². The first kappa shape index (κ1) is 21.0. The molecule has 1 aromatic carbocycles. The lowest BCUT2D eigenvalue weighted by atomic mass is 10.0. The number of esters is 2. The number of nitrogens with zero attached hydrogens (tertiary/aromatic N) is 1. The third-order valence-electron chi connectivity index (χ3n) is 3.60. The van der Waals surface area contributed by atoms with E-state index in [1.165, 1.54) is 18.9 Å². The zero-order valence-corrected chi connectivity index (χ0v) is 17.2. The summed E-state index contributed by atoms with van der Waals surface area (Å²) in [5.74, 6) is 0.165. The Morgan fingerprint density at radius 1 is 1.19 bits per heavy atom. The average molecular weight is 391 g/mol. The van der Waals surface area contributed by atoms with Crippen molar-refractivity contribution < 1.29 is 19.1 Å². The fourth-order valence-corrected chi connectivity index (χ4v) is 3.22. The molecule has 0 aliphatic carbocycles. The summed E-state index contributed by atoms with van der Waals surface area (Å²) in [6.07, 6.45) is 1.18. The van der Waals surface area contributed by atoms with Crippen LogP contribution in [0.4, 0.5) is 0 Å². The lowest BCUT2D eigenvalue weighted by Gasteiger charge is -2.19. The smallest absolute Gasteiger partial charge is 0.343 e. The summed E-state index contributed by atoms with van der Waals surface area (Å²) in [4.78, 5) is 24.2. The van der Waals surface area contributed by atoms with Crippen LogP contribution in [0.2, 0.25) is 0 Å². The first-order valence-electron chi connectivity index (χ1n) is 8.85. The molecule has 0 aliphatic rings. The largest absolute Gasteiger partial charge is 0.469 e. The van der Waals surface area contributed by atoms with Gasteiger partial charge in [-0.25, -0.2) is 4.79 Å². The van der Waals surface area contributed by atoms with Gasteiger partial charge in [-0.3, -0.25) is 9.89 Å². The molecule has 0 unspecified atom stereocenters. The summed E-state index contributed by atoms with van der Waals surface area (Å²) in [6, 6.07) is 7.39. The molecular weight excluding hydrogens is 364 g/mol. The van der Waals surface area contributed by atoms with Crippen LogP contribution in [0.25, 0.3) is 11.3 Å². The molecule has 6 nitrogen and oxygen atoms in total. The Hall–Kier alpha value is -2.28. The van der Waals surface area contributed by atoms with Gasteiger partial charge in [0.15, 0.2) is 0 Å². The van der Waals surface area contributed by atoms with Crippen molar-refractivity contribution in [3.05, 3.63) is 35.4 Å². The predicted molar refractivity (Wildman–Crippen MR) is 106 cm³/mol. The standard InChI is InChI=1S/C20H26N2O4S/c1-6-11-27-18-16(19(24)26-20(2,3)4)17(21-22-18)14-9-7-13(8-10-14)12-15(23)25-5/h7-10H,6,11-12H2,1-5H3,(H,21,22). The molecule has 7 heteroatoms. The number of aromatic amines is 1. The first-order valence-corrected chi connectivity index (χ1v) is 9.84. The molecule has 0 aliphatic heterocycles. The van der Waals surface area contributed by atoms with Gasteiger partial charge >= 0.3 is 11.9 Å². The summed E-state index contributed by atoms with van der Waals surface area (Å²) in [6.45, 7) is 7.59. The van der Waals surface area contributed by atoms with Gasteiger partial charge in [-0.15, -0.1) is 11.8 Å². The van der Waals surface area contributed by atoms with Gasteiger partial charge in [-0.1, -0.05) is 31.2 Å². The summed E-state index contributed by atoms with van der Waals surface area (Å²) >= 11 is 1.53. The summed E-state index contributed by atoms with van der Waals surface area (Å²) in [5, 5.41) is 7.94. The fourth-order valence-electron chi connectivity index (χ4n) is 2.38. The van der Waals surface area contributed by atoms with Crippen molar-refractivity contribution in [2.24, 2.45) is 0 Å². The van der Waals surface area contributed by atoms with Gasteiger partial charge in [0.25, 0.3) is 0 Å². The Labute approximate surface area is 164 Å². The maximum Gasteiger partial charge on any atom is 0.343 e. The van der Waals surface area contributed by atoms with Crippen molar-refractivity contribution in [3.8, 4) is 11.3 Å². The topological polar surface area (TPSA) is 81.3 Å². The van der Waals surface area contributed by atoms with Crippen molar-refractivity contribution in [2.45, 2.75) is 51.2 Å². The molecule has 2 aromatic rings. The number of ether oxygens (including phenoxy) is 2. The molecule has 0 fully saturated rings. The molecule has 1 heterocycles. The molecular formula is C20H26N2O4S. The molecule has 0 spiro atoms. The monoisotopic (exact) mass is 390 g/mol. The molecule has 2 rings (SSSR count). The van der Waals surface area contributed by atoms with Crippen LogP contribution in [0.5, 0.6) is 0 Å². The van der Waals surface area contributed by atoms with Crippen LogP contribution >= 0.6 is 11.8 Å². The van der Waals surface area contributed by atoms with E-state index in [4.69, 9.17) is 4.74 Å². The number of rotatable bonds is 7. The second-order valence-corrected chi connectivity index (χ2v) is 8.16. The second-order valence-electron chi connectivity index (χ2n) is 7.08. The lowest BCUT2D eigenvalue weighted by Crippen LogP contribution is -2.24. The lowest BCUT2D eigenvalue weighted by molar-refractivity contribution is -0.139. The van der Waals surface area contributed by atoms with E-state index in [0.717, 1.165) is 23.3 Å². The van der Waals surface area contributed by atoms with Crippen LogP contribution in [0.1, 0.15) is 50.0 Å². The van der Waals surface area contributed by atoms with Gasteiger partial charge in [-0.05, 0) is 38.5 Å². The van der Waals surface area contributed by atoms with E-state index in [2.05, 4.69) is 21.9 Å². The zero-order valence-electron chi connectivity index (χ0n) is 16.4. The Morgan fingerprint density at radius 3 is 2.41 bits per heavy atom. The maximum absolute atomic E-state index is 12.8. The molecule has 0 saturated carbocycles. The highest BCUT2D eigenvalue weighted by Gasteiger charge is 2.27. The quantitative estimate of drug-likeness (QED) is 0.562. The molecule has 0 saturated heterocycles. The number of hydrogen-bond donors (Lipinski definition) is 1. The van der Waals surface area contributed by atoms with Gasteiger partial charge in [0.2, 0.25) is 0 Å². The molecule has 0 amide bonds. The van der Waals surface area contributed by atoms with Gasteiger partial charge in [-0.2, -0.15) is 5.10 Å². The molecule has 0 atom stereocenters. The van der Waals surface area contributed by atoms with E-state index in [1.54, 1.807) is 0 Å². The van der Waals surface area contributed by atoms with Gasteiger partial charge in [0, 0.05) is 5.56 Å². The van der Waals surface area contributed by atoms with E-state index in [0.29, 0.717) is 16.3 Å². The van der Waals surface area contributed by atoms with Crippen LogP contribution < -0.4 is 0 Å². The van der Waals surface area contributed by atoms with E-state index >= 15 is 0 Å². The minimum Gasteiger partial charge on any atom is -0.469 e. The number of benzene rings is 1. The number of nitrogens with one attached hydrogen (secondary N) is 1. The average Bonchev–Trinajstić information content (AvgIpc) is 3.03. The number of thioether (sulfide) groups is 1. The molecule has 27 heavy (non-hydrogen) atoms. The van der Waals surface area contributed by atoms with Crippen LogP contribution in [-0.2, 0) is 20.7 Å². The Balaban J connectivity index is 2.36. The van der Waals surface area contributed by atoms with Gasteiger partial charge in [0.05, 0.1) is 19.2 Å². The van der Waals surface area contributed by atoms with Crippen molar-refractivity contribution in [3.63, 3.8) is 0 Å². The highest BCUT2D eigenvalue weighted by molar-refractivity contribution is 7.99. The highest BCUT2D eigenvalue weighted by atomic mass is 32.2. The second kappa shape index (κ2) is 9.08. The number of carbonyl (C=O) groups is 2. The Bertz CT molecular complexity index is 791. The number of aromatic nitrogens is 2. The maximum atomic E-state index is 12.8. The summed E-state index contributed by atoms with van der Waals surface area (Å²) in [7, 11) is 1.36. The zero-order chi connectivity index (χ0) is 20.0. The molecule has 146 valence electrons. The normalized spacial score (nSPS) is 11.3. The van der Waals surface area contributed by atoms with Crippen LogP contribution in [-0.4, -0.2) is 40.6 Å². The predicted octanol–water partition coefficient (Wildman–Crippen LogP) is 4.25. The Kier molecular flexibility index (Phi) is 7.07.